The van der Waals surface area contributed by atoms with Gasteiger partial charge in [-0.3, -0.25) is 4.90 Å². The molecule has 1 saturated carbocycles. The van der Waals surface area contributed by atoms with Gasteiger partial charge in [0.1, 0.15) is 6.29 Å². The molecular weight excluding hydrogens is 150 g/mol. The molecule has 2 atom stereocenters. The Labute approximate surface area is 73.9 Å². The summed E-state index contributed by atoms with van der Waals surface area (Å²) in [5.74, 6) is 0.915. The van der Waals surface area contributed by atoms with E-state index in [0.717, 1.165) is 24.8 Å². The molecule has 0 spiro atoms. The Balaban J connectivity index is 1.98. The zero-order valence-electron chi connectivity index (χ0n) is 7.54. The summed E-state index contributed by atoms with van der Waals surface area (Å²) < 4.78 is 0. The molecule has 0 amide bonds. The predicted molar refractivity (Wildman–Crippen MR) is 48.0 cm³/mol. The van der Waals surface area contributed by atoms with Crippen molar-refractivity contribution < 1.29 is 4.79 Å². The van der Waals surface area contributed by atoms with Gasteiger partial charge in [0.05, 0.1) is 6.54 Å². The molecule has 0 aromatic heterocycles. The highest BCUT2D eigenvalue weighted by Gasteiger charge is 2.34. The smallest absolute Gasteiger partial charge is 0.133 e. The maximum Gasteiger partial charge on any atom is 0.133 e. The maximum atomic E-state index is 10.4. The van der Waals surface area contributed by atoms with Crippen molar-refractivity contribution in [3.05, 3.63) is 0 Å². The number of carbonyl (C=O) groups is 1. The van der Waals surface area contributed by atoms with Gasteiger partial charge in [0, 0.05) is 6.04 Å². The van der Waals surface area contributed by atoms with Crippen LogP contribution >= 0.6 is 0 Å². The lowest BCUT2D eigenvalue weighted by molar-refractivity contribution is -0.109. The van der Waals surface area contributed by atoms with Gasteiger partial charge in [0.2, 0.25) is 0 Å². The van der Waals surface area contributed by atoms with Crippen molar-refractivity contribution in [1.82, 2.24) is 4.90 Å². The largest absolute Gasteiger partial charge is 0.302 e. The Kier molecular flexibility index (Phi) is 2.45. The van der Waals surface area contributed by atoms with E-state index >= 15 is 0 Å². The molecule has 1 aliphatic carbocycles. The molecule has 2 aliphatic rings. The van der Waals surface area contributed by atoms with E-state index in [4.69, 9.17) is 0 Å². The van der Waals surface area contributed by atoms with Crippen molar-refractivity contribution in [2.75, 3.05) is 13.1 Å². The lowest BCUT2D eigenvalue weighted by Crippen LogP contribution is -2.43. The summed E-state index contributed by atoms with van der Waals surface area (Å²) in [6.07, 6.45) is 7.87. The minimum Gasteiger partial charge on any atom is -0.302 e. The topological polar surface area (TPSA) is 20.3 Å². The molecule has 1 heterocycles. The summed E-state index contributed by atoms with van der Waals surface area (Å²) in [6, 6.07) is 0.754. The van der Waals surface area contributed by atoms with Crippen LogP contribution in [-0.4, -0.2) is 30.3 Å². The molecule has 2 fully saturated rings. The molecule has 0 radical (unpaired) electrons. The van der Waals surface area contributed by atoms with Crippen LogP contribution in [0.15, 0.2) is 0 Å². The van der Waals surface area contributed by atoms with Gasteiger partial charge in [0.15, 0.2) is 0 Å². The number of carbonyl (C=O) groups excluding carboxylic acids is 1. The van der Waals surface area contributed by atoms with Gasteiger partial charge < -0.3 is 4.79 Å². The fraction of sp³-hybridized carbons (Fsp3) is 0.900. The van der Waals surface area contributed by atoms with E-state index in [1.165, 1.54) is 32.1 Å². The molecule has 0 N–H and O–H groups in total. The van der Waals surface area contributed by atoms with Crippen LogP contribution in [0, 0.1) is 5.92 Å². The van der Waals surface area contributed by atoms with Gasteiger partial charge in [-0.05, 0) is 38.1 Å². The first-order chi connectivity index (χ1) is 5.92. The number of likely N-dealkylation sites (tertiary alicyclic amines) is 1. The second-order valence-corrected chi connectivity index (χ2v) is 4.06. The third-order valence-electron chi connectivity index (χ3n) is 3.42. The van der Waals surface area contributed by atoms with Gasteiger partial charge in [-0.1, -0.05) is 6.42 Å². The van der Waals surface area contributed by atoms with Crippen LogP contribution < -0.4 is 0 Å². The fourth-order valence-corrected chi connectivity index (χ4v) is 2.88. The third kappa shape index (κ3) is 1.40. The van der Waals surface area contributed by atoms with Crippen molar-refractivity contribution in [2.24, 2.45) is 5.92 Å². The quantitative estimate of drug-likeness (QED) is 0.580. The maximum absolute atomic E-state index is 10.4. The van der Waals surface area contributed by atoms with Gasteiger partial charge in [-0.2, -0.15) is 0 Å². The fourth-order valence-electron chi connectivity index (χ4n) is 2.88. The highest BCUT2D eigenvalue weighted by molar-refractivity contribution is 5.52. The standard InChI is InChI=1S/C10H17NO/c12-8-7-11-6-2-4-9-3-1-5-10(9)11/h8-10H,1-7H2. The van der Waals surface area contributed by atoms with Gasteiger partial charge in [0.25, 0.3) is 0 Å². The molecule has 0 bridgehead atoms. The Morgan fingerprint density at radius 3 is 2.92 bits per heavy atom. The van der Waals surface area contributed by atoms with Crippen LogP contribution in [0.2, 0.25) is 0 Å². The number of piperidine rings is 1. The van der Waals surface area contributed by atoms with E-state index < -0.39 is 0 Å². The average molecular weight is 167 g/mol. The lowest BCUT2D eigenvalue weighted by atomic mass is 9.92. The van der Waals surface area contributed by atoms with Crippen molar-refractivity contribution in [3.63, 3.8) is 0 Å². The summed E-state index contributed by atoms with van der Waals surface area (Å²) in [5.41, 5.74) is 0. The van der Waals surface area contributed by atoms with Crippen LogP contribution in [0.4, 0.5) is 0 Å². The molecule has 2 nitrogen and oxygen atoms in total. The van der Waals surface area contributed by atoms with Crippen LogP contribution in [0.3, 0.4) is 0 Å². The molecule has 2 unspecified atom stereocenters. The first kappa shape index (κ1) is 8.24. The number of hydrogen-bond donors (Lipinski definition) is 0. The Morgan fingerprint density at radius 2 is 2.08 bits per heavy atom. The van der Waals surface area contributed by atoms with E-state index in [1.807, 2.05) is 0 Å². The second kappa shape index (κ2) is 3.56. The van der Waals surface area contributed by atoms with Crippen molar-refractivity contribution in [2.45, 2.75) is 38.1 Å². The van der Waals surface area contributed by atoms with Gasteiger partial charge in [-0.25, -0.2) is 0 Å². The third-order valence-corrected chi connectivity index (χ3v) is 3.42. The molecular formula is C10H17NO. The second-order valence-electron chi connectivity index (χ2n) is 4.06. The molecule has 1 aliphatic heterocycles. The molecule has 12 heavy (non-hydrogen) atoms. The zero-order chi connectivity index (χ0) is 8.39. The summed E-state index contributed by atoms with van der Waals surface area (Å²) in [5, 5.41) is 0. The number of fused-ring (bicyclic) bond motifs is 1. The summed E-state index contributed by atoms with van der Waals surface area (Å²) in [7, 11) is 0. The van der Waals surface area contributed by atoms with Crippen LogP contribution in [-0.2, 0) is 4.79 Å². The Hall–Kier alpha value is -0.370. The number of nitrogens with zero attached hydrogens (tertiary/aromatic N) is 1. The van der Waals surface area contributed by atoms with Crippen molar-refractivity contribution in [1.29, 1.82) is 0 Å². The minimum atomic E-state index is 0.668. The number of aldehydes is 1. The van der Waals surface area contributed by atoms with Crippen LogP contribution in [0.25, 0.3) is 0 Å². The average Bonchev–Trinajstić information content (AvgIpc) is 2.53. The van der Waals surface area contributed by atoms with E-state index in [-0.39, 0.29) is 0 Å². The highest BCUT2D eigenvalue weighted by atomic mass is 16.1. The monoisotopic (exact) mass is 167 g/mol. The first-order valence-corrected chi connectivity index (χ1v) is 5.09. The van der Waals surface area contributed by atoms with E-state index in [9.17, 15) is 4.79 Å². The normalized spacial score (nSPS) is 36.3. The number of rotatable bonds is 2. The first-order valence-electron chi connectivity index (χ1n) is 5.09. The zero-order valence-corrected chi connectivity index (χ0v) is 7.54. The molecule has 0 aromatic rings. The number of hydrogen-bond acceptors (Lipinski definition) is 2. The molecule has 2 heteroatoms. The van der Waals surface area contributed by atoms with Crippen LogP contribution in [0.5, 0.6) is 0 Å². The molecule has 68 valence electrons. The SMILES string of the molecule is O=CCN1CCCC2CCCC21. The van der Waals surface area contributed by atoms with E-state index in [0.29, 0.717) is 6.54 Å². The van der Waals surface area contributed by atoms with Gasteiger partial charge >= 0.3 is 0 Å². The van der Waals surface area contributed by atoms with Crippen molar-refractivity contribution in [3.8, 4) is 0 Å². The summed E-state index contributed by atoms with van der Waals surface area (Å²) >= 11 is 0. The summed E-state index contributed by atoms with van der Waals surface area (Å²) in [6.45, 7) is 1.82. The predicted octanol–water partition coefficient (Wildman–Crippen LogP) is 1.45. The Morgan fingerprint density at radius 1 is 1.25 bits per heavy atom. The molecule has 2 rings (SSSR count). The highest BCUT2D eigenvalue weighted by Crippen LogP contribution is 2.36. The summed E-state index contributed by atoms with van der Waals surface area (Å²) in [4.78, 5) is 12.8. The minimum absolute atomic E-state index is 0.668. The molecule has 1 saturated heterocycles. The van der Waals surface area contributed by atoms with E-state index in [1.54, 1.807) is 0 Å². The van der Waals surface area contributed by atoms with E-state index in [2.05, 4.69) is 4.90 Å². The lowest BCUT2D eigenvalue weighted by Gasteiger charge is -2.36. The Bertz CT molecular complexity index is 169. The molecule has 0 aromatic carbocycles. The van der Waals surface area contributed by atoms with Crippen molar-refractivity contribution >= 4 is 6.29 Å². The van der Waals surface area contributed by atoms with Gasteiger partial charge in [-0.15, -0.1) is 0 Å². The van der Waals surface area contributed by atoms with Crippen LogP contribution in [0.1, 0.15) is 32.1 Å².